The molecule has 0 spiro atoms. The number of nitrogens with two attached hydrogens (primary N) is 1. The molecule has 0 aliphatic heterocycles. The number of para-hydroxylation sites is 1. The Kier molecular flexibility index (Phi) is 3.44. The molecule has 17 heavy (non-hydrogen) atoms. The standard InChI is InChI=1S/C13H17N3O/c1-2-9(17)7-16-13-10-5-3-4-6-12(10)15-8-11(13)14/h3-6,8-9,17H,2,7,14H2,1H3,(H,15,16). The summed E-state index contributed by atoms with van der Waals surface area (Å²) < 4.78 is 0. The van der Waals surface area contributed by atoms with Gasteiger partial charge in [-0.2, -0.15) is 0 Å². The number of fused-ring (bicyclic) bond motifs is 1. The number of aliphatic hydroxyl groups excluding tert-OH is 1. The number of aliphatic hydroxyl groups is 1. The molecule has 0 bridgehead atoms. The Morgan fingerprint density at radius 2 is 2.18 bits per heavy atom. The lowest BCUT2D eigenvalue weighted by Gasteiger charge is -2.14. The maximum absolute atomic E-state index is 9.56. The van der Waals surface area contributed by atoms with E-state index in [1.807, 2.05) is 31.2 Å². The first kappa shape index (κ1) is 11.7. The predicted octanol–water partition coefficient (Wildman–Crippen LogP) is 2.00. The van der Waals surface area contributed by atoms with Crippen molar-refractivity contribution in [2.45, 2.75) is 19.4 Å². The Balaban J connectivity index is 2.34. The first-order chi connectivity index (χ1) is 8.22. The van der Waals surface area contributed by atoms with Gasteiger partial charge >= 0.3 is 0 Å². The van der Waals surface area contributed by atoms with Gasteiger partial charge in [0.15, 0.2) is 0 Å². The molecule has 4 N–H and O–H groups in total. The largest absolute Gasteiger partial charge is 0.396 e. The fourth-order valence-corrected chi connectivity index (χ4v) is 1.72. The Bertz CT molecular complexity index is 513. The summed E-state index contributed by atoms with van der Waals surface area (Å²) in [6.45, 7) is 2.44. The van der Waals surface area contributed by atoms with E-state index >= 15 is 0 Å². The van der Waals surface area contributed by atoms with Gasteiger partial charge in [-0.15, -0.1) is 0 Å². The summed E-state index contributed by atoms with van der Waals surface area (Å²) in [5.74, 6) is 0. The SMILES string of the molecule is CCC(O)CNc1c(N)cnc2ccccc12. The Morgan fingerprint density at radius 3 is 2.94 bits per heavy atom. The summed E-state index contributed by atoms with van der Waals surface area (Å²) in [6.07, 6.45) is 2.00. The second-order valence-corrected chi connectivity index (χ2v) is 4.05. The normalized spacial score (nSPS) is 12.6. The molecule has 90 valence electrons. The van der Waals surface area contributed by atoms with Crippen molar-refractivity contribution in [3.63, 3.8) is 0 Å². The van der Waals surface area contributed by atoms with Crippen molar-refractivity contribution in [1.82, 2.24) is 4.98 Å². The number of hydrogen-bond donors (Lipinski definition) is 3. The first-order valence-electron chi connectivity index (χ1n) is 5.77. The molecule has 4 heteroatoms. The summed E-state index contributed by atoms with van der Waals surface area (Å²) in [4.78, 5) is 4.26. The highest BCUT2D eigenvalue weighted by Crippen LogP contribution is 2.27. The third kappa shape index (κ3) is 2.47. The molecular weight excluding hydrogens is 214 g/mol. The van der Waals surface area contributed by atoms with Crippen LogP contribution in [0.3, 0.4) is 0 Å². The van der Waals surface area contributed by atoms with Crippen molar-refractivity contribution >= 4 is 22.3 Å². The van der Waals surface area contributed by atoms with Gasteiger partial charge < -0.3 is 16.2 Å². The number of benzene rings is 1. The van der Waals surface area contributed by atoms with E-state index in [0.29, 0.717) is 12.2 Å². The molecule has 1 aromatic heterocycles. The summed E-state index contributed by atoms with van der Waals surface area (Å²) >= 11 is 0. The predicted molar refractivity (Wildman–Crippen MR) is 70.9 cm³/mol. The third-order valence-electron chi connectivity index (χ3n) is 2.79. The van der Waals surface area contributed by atoms with Crippen molar-refractivity contribution in [3.8, 4) is 0 Å². The third-order valence-corrected chi connectivity index (χ3v) is 2.79. The second-order valence-electron chi connectivity index (χ2n) is 4.05. The molecule has 0 saturated heterocycles. The van der Waals surface area contributed by atoms with Gasteiger partial charge in [-0.3, -0.25) is 4.98 Å². The fraction of sp³-hybridized carbons (Fsp3) is 0.308. The van der Waals surface area contributed by atoms with E-state index in [4.69, 9.17) is 5.73 Å². The van der Waals surface area contributed by atoms with Gasteiger partial charge in [-0.1, -0.05) is 25.1 Å². The van der Waals surface area contributed by atoms with Crippen LogP contribution in [0.5, 0.6) is 0 Å². The molecule has 1 unspecified atom stereocenters. The minimum absolute atomic E-state index is 0.360. The second kappa shape index (κ2) is 5.01. The lowest BCUT2D eigenvalue weighted by molar-refractivity contribution is 0.183. The Morgan fingerprint density at radius 1 is 1.41 bits per heavy atom. The summed E-state index contributed by atoms with van der Waals surface area (Å²) in [7, 11) is 0. The van der Waals surface area contributed by atoms with E-state index in [1.165, 1.54) is 0 Å². The van der Waals surface area contributed by atoms with E-state index in [2.05, 4.69) is 10.3 Å². The van der Waals surface area contributed by atoms with Gasteiger partial charge in [0.25, 0.3) is 0 Å². The monoisotopic (exact) mass is 231 g/mol. The molecule has 1 heterocycles. The molecule has 0 amide bonds. The topological polar surface area (TPSA) is 71.2 Å². The molecular formula is C13H17N3O. The highest BCUT2D eigenvalue weighted by Gasteiger charge is 2.07. The van der Waals surface area contributed by atoms with E-state index < -0.39 is 0 Å². The van der Waals surface area contributed by atoms with Crippen LogP contribution in [0, 0.1) is 0 Å². The van der Waals surface area contributed by atoms with Gasteiger partial charge in [0.2, 0.25) is 0 Å². The number of hydrogen-bond acceptors (Lipinski definition) is 4. The van der Waals surface area contributed by atoms with Gasteiger partial charge in [-0.05, 0) is 12.5 Å². The van der Waals surface area contributed by atoms with Crippen molar-refractivity contribution in [1.29, 1.82) is 0 Å². The summed E-state index contributed by atoms with van der Waals surface area (Å²) in [6, 6.07) is 7.80. The maximum atomic E-state index is 9.56. The highest BCUT2D eigenvalue weighted by atomic mass is 16.3. The zero-order valence-electron chi connectivity index (χ0n) is 9.85. The Hall–Kier alpha value is -1.81. The lowest BCUT2D eigenvalue weighted by atomic mass is 10.1. The van der Waals surface area contributed by atoms with Crippen molar-refractivity contribution in [2.75, 3.05) is 17.6 Å². The van der Waals surface area contributed by atoms with Gasteiger partial charge in [0.05, 0.1) is 29.2 Å². The molecule has 0 radical (unpaired) electrons. The molecule has 0 saturated carbocycles. The zero-order chi connectivity index (χ0) is 12.3. The molecule has 4 nitrogen and oxygen atoms in total. The molecule has 0 aliphatic carbocycles. The molecule has 2 rings (SSSR count). The number of anilines is 2. The lowest BCUT2D eigenvalue weighted by Crippen LogP contribution is -2.19. The van der Waals surface area contributed by atoms with Gasteiger partial charge in [0, 0.05) is 11.9 Å². The van der Waals surface area contributed by atoms with E-state index in [9.17, 15) is 5.11 Å². The minimum atomic E-state index is -0.360. The first-order valence-corrected chi connectivity index (χ1v) is 5.77. The van der Waals surface area contributed by atoms with Crippen LogP contribution in [0.15, 0.2) is 30.5 Å². The smallest absolute Gasteiger partial charge is 0.0743 e. The van der Waals surface area contributed by atoms with Crippen molar-refractivity contribution in [3.05, 3.63) is 30.5 Å². The average molecular weight is 231 g/mol. The number of nitrogens with zero attached hydrogens (tertiary/aromatic N) is 1. The number of nitrogen functional groups attached to an aromatic ring is 1. The van der Waals surface area contributed by atoms with Crippen LogP contribution in [0.25, 0.3) is 10.9 Å². The average Bonchev–Trinajstić information content (AvgIpc) is 2.37. The van der Waals surface area contributed by atoms with Crippen LogP contribution < -0.4 is 11.1 Å². The number of nitrogens with one attached hydrogen (secondary N) is 1. The zero-order valence-corrected chi connectivity index (χ0v) is 9.85. The summed E-state index contributed by atoms with van der Waals surface area (Å²) in [5, 5.41) is 13.7. The van der Waals surface area contributed by atoms with E-state index in [-0.39, 0.29) is 6.10 Å². The number of pyridine rings is 1. The van der Waals surface area contributed by atoms with Crippen molar-refractivity contribution < 1.29 is 5.11 Å². The maximum Gasteiger partial charge on any atom is 0.0743 e. The molecule has 2 aromatic rings. The van der Waals surface area contributed by atoms with Gasteiger partial charge in [-0.25, -0.2) is 0 Å². The van der Waals surface area contributed by atoms with E-state index in [0.717, 1.165) is 23.0 Å². The molecule has 0 aliphatic rings. The van der Waals surface area contributed by atoms with Gasteiger partial charge in [0.1, 0.15) is 0 Å². The molecule has 0 fully saturated rings. The Labute approximate surface area is 100 Å². The van der Waals surface area contributed by atoms with Crippen LogP contribution in [0.2, 0.25) is 0 Å². The van der Waals surface area contributed by atoms with Crippen LogP contribution in [0.4, 0.5) is 11.4 Å². The van der Waals surface area contributed by atoms with Crippen LogP contribution in [0.1, 0.15) is 13.3 Å². The van der Waals surface area contributed by atoms with E-state index in [1.54, 1.807) is 6.20 Å². The number of aromatic nitrogens is 1. The molecule has 1 aromatic carbocycles. The quantitative estimate of drug-likeness (QED) is 0.752. The van der Waals surface area contributed by atoms with Crippen LogP contribution in [-0.2, 0) is 0 Å². The van der Waals surface area contributed by atoms with Crippen molar-refractivity contribution in [2.24, 2.45) is 0 Å². The van der Waals surface area contributed by atoms with Crippen LogP contribution in [-0.4, -0.2) is 22.7 Å². The fourth-order valence-electron chi connectivity index (χ4n) is 1.72. The highest BCUT2D eigenvalue weighted by molar-refractivity contribution is 5.96. The van der Waals surface area contributed by atoms with Crippen LogP contribution >= 0.6 is 0 Å². The minimum Gasteiger partial charge on any atom is -0.396 e. The molecule has 1 atom stereocenters. The number of rotatable bonds is 4. The summed E-state index contributed by atoms with van der Waals surface area (Å²) in [5.41, 5.74) is 8.26.